The fourth-order valence-corrected chi connectivity index (χ4v) is 3.62. The summed E-state index contributed by atoms with van der Waals surface area (Å²) in [6, 6.07) is 17.3. The second-order valence-corrected chi connectivity index (χ2v) is 7.54. The maximum Gasteiger partial charge on any atom is 0.195 e. The minimum Gasteiger partial charge on any atom is -0.372 e. The molecule has 4 aromatic rings. The van der Waals surface area contributed by atoms with Gasteiger partial charge in [0.2, 0.25) is 0 Å². The minimum atomic E-state index is -2.02. The van der Waals surface area contributed by atoms with Crippen LogP contribution in [0.3, 0.4) is 0 Å². The quantitative estimate of drug-likeness (QED) is 0.321. The molecule has 0 bridgehead atoms. The molecule has 0 spiro atoms. The third-order valence-electron chi connectivity index (χ3n) is 5.32. The second kappa shape index (κ2) is 9.00. The molecule has 8 nitrogen and oxygen atoms in total. The number of carbonyl (C=O) groups excluding carboxylic acids is 3. The van der Waals surface area contributed by atoms with E-state index in [1.54, 1.807) is 65.2 Å². The highest BCUT2D eigenvalue weighted by molar-refractivity contribution is 6.09. The van der Waals surface area contributed by atoms with Crippen LogP contribution in [0.4, 0.5) is 0 Å². The SMILES string of the molecule is CC(=O)c1ccc(Cn2cc(C(=O)c3ccccc3)cc2C(O)(C=C=O)c2nc[nH]n2)cc1. The molecule has 2 N–H and O–H groups in total. The van der Waals surface area contributed by atoms with Crippen LogP contribution >= 0.6 is 0 Å². The lowest BCUT2D eigenvalue weighted by atomic mass is 9.97. The van der Waals surface area contributed by atoms with Gasteiger partial charge in [-0.1, -0.05) is 54.6 Å². The summed E-state index contributed by atoms with van der Waals surface area (Å²) in [6.07, 6.45) is 3.81. The van der Waals surface area contributed by atoms with Crippen LogP contribution in [-0.4, -0.2) is 42.4 Å². The highest BCUT2D eigenvalue weighted by Gasteiger charge is 2.37. The molecule has 0 radical (unpaired) electrons. The van der Waals surface area contributed by atoms with Gasteiger partial charge in [-0.3, -0.25) is 14.7 Å². The number of aromatic amines is 1. The van der Waals surface area contributed by atoms with Gasteiger partial charge in [0.1, 0.15) is 12.3 Å². The van der Waals surface area contributed by atoms with Crippen LogP contribution in [0.1, 0.15) is 50.3 Å². The number of rotatable bonds is 8. The van der Waals surface area contributed by atoms with E-state index < -0.39 is 5.60 Å². The molecule has 0 aliphatic heterocycles. The first kappa shape index (κ1) is 21.8. The van der Waals surface area contributed by atoms with Crippen LogP contribution in [0.2, 0.25) is 0 Å². The summed E-state index contributed by atoms with van der Waals surface area (Å²) >= 11 is 0. The average Bonchev–Trinajstić information content (AvgIpc) is 3.51. The zero-order valence-electron chi connectivity index (χ0n) is 17.7. The number of benzene rings is 2. The smallest absolute Gasteiger partial charge is 0.195 e. The van der Waals surface area contributed by atoms with Crippen LogP contribution in [-0.2, 0) is 16.9 Å². The summed E-state index contributed by atoms with van der Waals surface area (Å²) in [4.78, 5) is 40.0. The van der Waals surface area contributed by atoms with E-state index in [0.29, 0.717) is 16.7 Å². The van der Waals surface area contributed by atoms with Crippen molar-refractivity contribution in [3.63, 3.8) is 0 Å². The number of hydrogen-bond acceptors (Lipinski definition) is 6. The first-order valence-corrected chi connectivity index (χ1v) is 10.1. The largest absolute Gasteiger partial charge is 0.372 e. The minimum absolute atomic E-state index is 0.0472. The molecule has 0 fully saturated rings. The number of nitrogens with one attached hydrogen (secondary N) is 1. The van der Waals surface area contributed by atoms with Gasteiger partial charge < -0.3 is 9.67 Å². The van der Waals surface area contributed by atoms with Gasteiger partial charge in [0, 0.05) is 35.5 Å². The van der Waals surface area contributed by atoms with Gasteiger partial charge in [0.05, 0.1) is 5.69 Å². The monoisotopic (exact) mass is 440 g/mol. The molecule has 8 heteroatoms. The molecule has 2 aromatic heterocycles. The van der Waals surface area contributed by atoms with Crippen LogP contribution < -0.4 is 0 Å². The normalized spacial score (nSPS) is 12.5. The van der Waals surface area contributed by atoms with Crippen molar-refractivity contribution < 1.29 is 19.5 Å². The van der Waals surface area contributed by atoms with Crippen LogP contribution in [0, 0.1) is 0 Å². The van der Waals surface area contributed by atoms with E-state index in [-0.39, 0.29) is 29.6 Å². The van der Waals surface area contributed by atoms with Crippen molar-refractivity contribution in [2.75, 3.05) is 0 Å². The van der Waals surface area contributed by atoms with Crippen molar-refractivity contribution in [2.45, 2.75) is 19.1 Å². The van der Waals surface area contributed by atoms with Crippen LogP contribution in [0.5, 0.6) is 0 Å². The Morgan fingerprint density at radius 3 is 2.42 bits per heavy atom. The Kier molecular flexibility index (Phi) is 5.95. The standard InChI is InChI=1S/C25H20N4O4/c1-17(31)19-9-7-18(8-10-19)14-29-15-21(23(32)20-5-3-2-4-6-20)13-22(29)25(33,11-12-30)24-26-16-27-28-24/h2-11,13,15-16,33H,14H2,1H3,(H,26,27,28). The molecule has 2 heterocycles. The Balaban J connectivity index is 1.83. The highest BCUT2D eigenvalue weighted by Crippen LogP contribution is 2.31. The first-order chi connectivity index (χ1) is 15.9. The summed E-state index contributed by atoms with van der Waals surface area (Å²) in [7, 11) is 0. The van der Waals surface area contributed by atoms with Crippen molar-refractivity contribution in [3.05, 3.63) is 113 Å². The van der Waals surface area contributed by atoms with Crippen molar-refractivity contribution in [1.82, 2.24) is 19.7 Å². The van der Waals surface area contributed by atoms with Crippen molar-refractivity contribution in [1.29, 1.82) is 0 Å². The second-order valence-electron chi connectivity index (χ2n) is 7.54. The molecular weight excluding hydrogens is 420 g/mol. The Morgan fingerprint density at radius 1 is 1.09 bits per heavy atom. The molecule has 0 aliphatic carbocycles. The Labute approximate surface area is 189 Å². The maximum atomic E-state index is 13.1. The van der Waals surface area contributed by atoms with Gasteiger partial charge in [0.15, 0.2) is 23.0 Å². The predicted octanol–water partition coefficient (Wildman–Crippen LogP) is 2.71. The third-order valence-corrected chi connectivity index (χ3v) is 5.32. The molecule has 2 aromatic carbocycles. The number of carbonyl (C=O) groups is 2. The molecule has 1 unspecified atom stereocenters. The fourth-order valence-electron chi connectivity index (χ4n) is 3.62. The van der Waals surface area contributed by atoms with E-state index in [1.165, 1.54) is 19.3 Å². The van der Waals surface area contributed by atoms with Gasteiger partial charge >= 0.3 is 0 Å². The molecule has 0 saturated heterocycles. The zero-order chi connectivity index (χ0) is 23.4. The van der Waals surface area contributed by atoms with Crippen molar-refractivity contribution >= 4 is 17.5 Å². The molecule has 1 atom stereocenters. The van der Waals surface area contributed by atoms with Crippen LogP contribution in [0.15, 0.2) is 79.3 Å². The molecule has 4 rings (SSSR count). The number of aromatic nitrogens is 4. The van der Waals surface area contributed by atoms with E-state index in [2.05, 4.69) is 15.2 Å². The third kappa shape index (κ3) is 4.34. The van der Waals surface area contributed by atoms with E-state index in [0.717, 1.165) is 11.6 Å². The highest BCUT2D eigenvalue weighted by atomic mass is 16.3. The Morgan fingerprint density at radius 2 is 1.82 bits per heavy atom. The maximum absolute atomic E-state index is 13.1. The van der Waals surface area contributed by atoms with E-state index >= 15 is 0 Å². The first-order valence-electron chi connectivity index (χ1n) is 10.1. The van der Waals surface area contributed by atoms with E-state index in [9.17, 15) is 19.5 Å². The Hall–Kier alpha value is -4.39. The number of aliphatic hydroxyl groups is 1. The lowest BCUT2D eigenvalue weighted by Crippen LogP contribution is -2.30. The zero-order valence-corrected chi connectivity index (χ0v) is 17.7. The van der Waals surface area contributed by atoms with Gasteiger partial charge in [-0.25, -0.2) is 9.78 Å². The van der Waals surface area contributed by atoms with Crippen molar-refractivity contribution in [2.24, 2.45) is 0 Å². The number of hydrogen-bond donors (Lipinski definition) is 2. The van der Waals surface area contributed by atoms with Gasteiger partial charge in [-0.15, -0.1) is 0 Å². The number of H-pyrrole nitrogens is 1. The van der Waals surface area contributed by atoms with Gasteiger partial charge in [-0.2, -0.15) is 5.10 Å². The van der Waals surface area contributed by atoms with Crippen LogP contribution in [0.25, 0.3) is 0 Å². The fraction of sp³-hybridized carbons (Fsp3) is 0.120. The average molecular weight is 440 g/mol. The summed E-state index contributed by atoms with van der Waals surface area (Å²) < 4.78 is 1.66. The number of nitrogens with zero attached hydrogens (tertiary/aromatic N) is 3. The molecule has 0 aliphatic rings. The molecule has 0 amide bonds. The number of Topliss-reactive ketones (excluding diaryl/α,β-unsaturated/α-hetero) is 1. The lowest BCUT2D eigenvalue weighted by Gasteiger charge is -2.22. The lowest BCUT2D eigenvalue weighted by molar-refractivity contribution is 0.101. The summed E-state index contributed by atoms with van der Waals surface area (Å²) in [5.41, 5.74) is 0.413. The van der Waals surface area contributed by atoms with Gasteiger partial charge in [-0.05, 0) is 18.6 Å². The summed E-state index contributed by atoms with van der Waals surface area (Å²) in [6.45, 7) is 1.75. The Bertz CT molecular complexity index is 1340. The predicted molar refractivity (Wildman–Crippen MR) is 120 cm³/mol. The topological polar surface area (TPSA) is 118 Å². The molecule has 0 saturated carbocycles. The summed E-state index contributed by atoms with van der Waals surface area (Å²) in [5, 5.41) is 17.9. The van der Waals surface area contributed by atoms with E-state index in [1.807, 2.05) is 6.07 Å². The number of ketones is 2. The van der Waals surface area contributed by atoms with E-state index in [4.69, 9.17) is 0 Å². The molecule has 33 heavy (non-hydrogen) atoms. The molecular formula is C25H20N4O4. The van der Waals surface area contributed by atoms with Gasteiger partial charge in [0.25, 0.3) is 0 Å². The molecule has 164 valence electrons. The summed E-state index contributed by atoms with van der Waals surface area (Å²) in [5.74, 6) is 1.27. The van der Waals surface area contributed by atoms with Crippen molar-refractivity contribution in [3.8, 4) is 0 Å².